The van der Waals surface area contributed by atoms with Gasteiger partial charge in [0.25, 0.3) is 0 Å². The monoisotopic (exact) mass is 303 g/mol. The highest BCUT2D eigenvalue weighted by Gasteiger charge is 2.29. The summed E-state index contributed by atoms with van der Waals surface area (Å²) in [6, 6.07) is 28.9. The zero-order valence-electron chi connectivity index (χ0n) is 12.5. The first kappa shape index (κ1) is 13.7. The van der Waals surface area contributed by atoms with Crippen LogP contribution < -0.4 is 0 Å². The van der Waals surface area contributed by atoms with Crippen molar-refractivity contribution in [3.05, 3.63) is 90.0 Å². The van der Waals surface area contributed by atoms with Crippen molar-refractivity contribution in [3.8, 4) is 0 Å². The van der Waals surface area contributed by atoms with Crippen molar-refractivity contribution in [2.24, 2.45) is 0 Å². The molecule has 0 radical (unpaired) electrons. The van der Waals surface area contributed by atoms with Gasteiger partial charge in [-0.25, -0.2) is 0 Å². The van der Waals surface area contributed by atoms with Crippen LogP contribution in [0.25, 0.3) is 0 Å². The summed E-state index contributed by atoms with van der Waals surface area (Å²) in [5, 5.41) is 0. The molecule has 0 atom stereocenters. The van der Waals surface area contributed by atoms with Crippen molar-refractivity contribution >= 4 is 10.9 Å². The molecule has 0 heterocycles. The Morgan fingerprint density at radius 2 is 1.14 bits per heavy atom. The van der Waals surface area contributed by atoms with Crippen molar-refractivity contribution in [1.82, 2.24) is 0 Å². The zero-order valence-corrected chi connectivity index (χ0v) is 13.4. The topological polar surface area (TPSA) is 0 Å². The Labute approximate surface area is 135 Å². The Kier molecular flexibility index (Phi) is 3.74. The molecule has 1 aliphatic rings. The lowest BCUT2D eigenvalue weighted by molar-refractivity contribution is 0.911. The van der Waals surface area contributed by atoms with E-state index in [1.807, 2.05) is 0 Å². The number of benzene rings is 3. The molecule has 0 N–H and O–H groups in total. The molecule has 0 amide bonds. The Morgan fingerprint density at radius 3 is 1.77 bits per heavy atom. The fourth-order valence-electron chi connectivity index (χ4n) is 3.20. The van der Waals surface area contributed by atoms with Gasteiger partial charge in [-0.15, -0.1) is 0 Å². The average Bonchev–Trinajstić information content (AvgIpc) is 3.05. The van der Waals surface area contributed by atoms with E-state index in [0.717, 1.165) is 0 Å². The van der Waals surface area contributed by atoms with Gasteiger partial charge in [-0.05, 0) is 66.8 Å². The third-order valence-corrected chi connectivity index (χ3v) is 6.48. The van der Waals surface area contributed by atoms with Crippen LogP contribution in [-0.4, -0.2) is 0 Å². The molecule has 0 unspecified atom stereocenters. The first-order chi connectivity index (χ1) is 10.9. The predicted molar refractivity (Wildman–Crippen MR) is 93.5 cm³/mol. The van der Waals surface area contributed by atoms with Crippen LogP contribution in [0.1, 0.15) is 17.5 Å². The maximum Gasteiger partial charge on any atom is 0.166 e. The summed E-state index contributed by atoms with van der Waals surface area (Å²) in [7, 11) is -0.00701. The molecule has 3 aromatic rings. The van der Waals surface area contributed by atoms with Crippen LogP contribution in [0.15, 0.2) is 93.5 Å². The molecule has 0 bridgehead atoms. The highest BCUT2D eigenvalue weighted by Crippen LogP contribution is 2.33. The summed E-state index contributed by atoms with van der Waals surface area (Å²) in [5.74, 6) is 0. The molecule has 0 spiro atoms. The van der Waals surface area contributed by atoms with E-state index in [0.29, 0.717) is 0 Å². The van der Waals surface area contributed by atoms with Crippen LogP contribution >= 0.6 is 0 Å². The second-order valence-electron chi connectivity index (χ2n) is 5.72. The third-order valence-electron chi connectivity index (χ3n) is 4.26. The summed E-state index contributed by atoms with van der Waals surface area (Å²) in [5.41, 5.74) is 3.11. The third kappa shape index (κ3) is 2.57. The van der Waals surface area contributed by atoms with Gasteiger partial charge in [0.2, 0.25) is 0 Å². The number of fused-ring (bicyclic) bond motifs is 1. The molecule has 1 aliphatic carbocycles. The molecule has 0 nitrogen and oxygen atoms in total. The van der Waals surface area contributed by atoms with E-state index in [4.69, 9.17) is 0 Å². The molecular weight excluding hydrogens is 284 g/mol. The van der Waals surface area contributed by atoms with E-state index in [2.05, 4.69) is 78.9 Å². The van der Waals surface area contributed by atoms with E-state index >= 15 is 0 Å². The van der Waals surface area contributed by atoms with Crippen molar-refractivity contribution in [3.63, 3.8) is 0 Å². The smallest absolute Gasteiger partial charge is 0.0619 e. The minimum Gasteiger partial charge on any atom is -0.0619 e. The van der Waals surface area contributed by atoms with Gasteiger partial charge in [-0.3, -0.25) is 0 Å². The molecule has 0 fully saturated rings. The average molecular weight is 303 g/mol. The minimum absolute atomic E-state index is 0.00701. The SMILES string of the molecule is c1ccc([S+](c2ccccc2)c2ccc3c(c2)CCC3)cc1. The van der Waals surface area contributed by atoms with Crippen LogP contribution in [0, 0.1) is 0 Å². The van der Waals surface area contributed by atoms with Gasteiger partial charge >= 0.3 is 0 Å². The summed E-state index contributed by atoms with van der Waals surface area (Å²) >= 11 is 0. The highest BCUT2D eigenvalue weighted by molar-refractivity contribution is 7.97. The second kappa shape index (κ2) is 6.02. The van der Waals surface area contributed by atoms with E-state index in [1.54, 1.807) is 11.1 Å². The summed E-state index contributed by atoms with van der Waals surface area (Å²) < 4.78 is 0. The number of hydrogen-bond acceptors (Lipinski definition) is 0. The van der Waals surface area contributed by atoms with E-state index < -0.39 is 0 Å². The van der Waals surface area contributed by atoms with E-state index in [-0.39, 0.29) is 10.9 Å². The van der Waals surface area contributed by atoms with Crippen molar-refractivity contribution in [1.29, 1.82) is 0 Å². The van der Waals surface area contributed by atoms with Gasteiger partial charge in [-0.2, -0.15) is 0 Å². The van der Waals surface area contributed by atoms with Gasteiger partial charge in [0.05, 0.1) is 10.9 Å². The number of hydrogen-bond donors (Lipinski definition) is 0. The van der Waals surface area contributed by atoms with Gasteiger partial charge in [-0.1, -0.05) is 42.5 Å². The van der Waals surface area contributed by atoms with Crippen molar-refractivity contribution in [2.45, 2.75) is 33.9 Å². The Bertz CT molecular complexity index is 723. The lowest BCUT2D eigenvalue weighted by Crippen LogP contribution is -2.05. The Morgan fingerprint density at radius 1 is 0.545 bits per heavy atom. The van der Waals surface area contributed by atoms with E-state index in [1.165, 1.54) is 33.9 Å². The standard InChI is InChI=1S/C21H19S/c1-3-10-19(11-4-1)22(20-12-5-2-6-13-20)21-15-14-17-8-7-9-18(17)16-21/h1-6,10-16H,7-9H2/q+1. The molecule has 1 heteroatoms. The van der Waals surface area contributed by atoms with Crippen LogP contribution in [0.3, 0.4) is 0 Å². The first-order valence-corrected chi connectivity index (χ1v) is 9.10. The summed E-state index contributed by atoms with van der Waals surface area (Å²) in [6.07, 6.45) is 3.80. The van der Waals surface area contributed by atoms with Crippen LogP contribution in [-0.2, 0) is 23.7 Å². The predicted octanol–water partition coefficient (Wildman–Crippen LogP) is 5.27. The van der Waals surface area contributed by atoms with Crippen molar-refractivity contribution < 1.29 is 0 Å². The molecule has 0 aromatic heterocycles. The van der Waals surface area contributed by atoms with Gasteiger partial charge in [0.1, 0.15) is 0 Å². The zero-order chi connectivity index (χ0) is 14.8. The fraction of sp³-hybridized carbons (Fsp3) is 0.143. The lowest BCUT2D eigenvalue weighted by Gasteiger charge is -2.09. The molecule has 4 rings (SSSR count). The molecule has 0 saturated heterocycles. The molecule has 22 heavy (non-hydrogen) atoms. The van der Waals surface area contributed by atoms with Gasteiger partial charge < -0.3 is 0 Å². The highest BCUT2D eigenvalue weighted by atomic mass is 32.2. The minimum atomic E-state index is -0.00701. The van der Waals surface area contributed by atoms with E-state index in [9.17, 15) is 0 Å². The lowest BCUT2D eigenvalue weighted by atomic mass is 10.1. The second-order valence-corrected chi connectivity index (χ2v) is 7.74. The fourth-order valence-corrected chi connectivity index (χ4v) is 5.34. The number of aryl methyl sites for hydroxylation is 2. The van der Waals surface area contributed by atoms with Crippen LogP contribution in [0.2, 0.25) is 0 Å². The molecular formula is C21H19S+. The maximum atomic E-state index is 2.45. The molecule has 108 valence electrons. The quantitative estimate of drug-likeness (QED) is 0.578. The van der Waals surface area contributed by atoms with Crippen LogP contribution in [0.5, 0.6) is 0 Å². The summed E-state index contributed by atoms with van der Waals surface area (Å²) in [6.45, 7) is 0. The Hall–Kier alpha value is -1.99. The largest absolute Gasteiger partial charge is 0.166 e. The van der Waals surface area contributed by atoms with Gasteiger partial charge in [0.15, 0.2) is 14.7 Å². The number of rotatable bonds is 3. The van der Waals surface area contributed by atoms with Crippen molar-refractivity contribution in [2.75, 3.05) is 0 Å². The Balaban J connectivity index is 1.84. The normalized spacial score (nSPS) is 13.3. The molecule has 0 aliphatic heterocycles. The molecule has 3 aromatic carbocycles. The maximum absolute atomic E-state index is 2.45. The van der Waals surface area contributed by atoms with Gasteiger partial charge in [0, 0.05) is 0 Å². The van der Waals surface area contributed by atoms with Crippen LogP contribution in [0.4, 0.5) is 0 Å². The first-order valence-electron chi connectivity index (χ1n) is 7.88. The molecule has 0 saturated carbocycles. The summed E-state index contributed by atoms with van der Waals surface area (Å²) in [4.78, 5) is 4.23.